The van der Waals surface area contributed by atoms with E-state index in [1.54, 1.807) is 4.90 Å². The smallest absolute Gasteiger partial charge is 0.245 e. The molecular formula is C29H44N4O3. The lowest BCUT2D eigenvalue weighted by Crippen LogP contribution is -2.51. The van der Waals surface area contributed by atoms with E-state index in [1.165, 1.54) is 32.1 Å². The van der Waals surface area contributed by atoms with Gasteiger partial charge in [-0.05, 0) is 37.3 Å². The SMILES string of the molecule is CCCCC(NC(=O)Cc1cn(C)c2ccccc12)C(=O)N(CCC1CCCCC1)CC(=O)NCC. The van der Waals surface area contributed by atoms with E-state index in [1.807, 2.05) is 49.0 Å². The van der Waals surface area contributed by atoms with Gasteiger partial charge >= 0.3 is 0 Å². The molecule has 0 saturated heterocycles. The first-order valence-electron chi connectivity index (χ1n) is 13.8. The number of carbonyl (C=O) groups is 3. The van der Waals surface area contributed by atoms with Crippen molar-refractivity contribution in [3.8, 4) is 0 Å². The van der Waals surface area contributed by atoms with Gasteiger partial charge < -0.3 is 20.1 Å². The molecular weight excluding hydrogens is 452 g/mol. The van der Waals surface area contributed by atoms with Crippen LogP contribution >= 0.6 is 0 Å². The van der Waals surface area contributed by atoms with Crippen LogP contribution in [0.2, 0.25) is 0 Å². The zero-order chi connectivity index (χ0) is 25.9. The summed E-state index contributed by atoms with van der Waals surface area (Å²) in [5, 5.41) is 6.90. The fourth-order valence-corrected chi connectivity index (χ4v) is 5.38. The molecule has 0 bridgehead atoms. The van der Waals surface area contributed by atoms with Gasteiger partial charge in [0.2, 0.25) is 17.7 Å². The maximum Gasteiger partial charge on any atom is 0.245 e. The van der Waals surface area contributed by atoms with Crippen LogP contribution in [0.5, 0.6) is 0 Å². The van der Waals surface area contributed by atoms with Crippen LogP contribution in [-0.2, 0) is 27.9 Å². The molecule has 1 aromatic carbocycles. The van der Waals surface area contributed by atoms with Crippen LogP contribution in [0, 0.1) is 5.92 Å². The van der Waals surface area contributed by atoms with Gasteiger partial charge in [0, 0.05) is 37.2 Å². The maximum atomic E-state index is 13.7. The van der Waals surface area contributed by atoms with Gasteiger partial charge in [-0.1, -0.05) is 70.1 Å². The Morgan fingerprint density at radius 2 is 1.83 bits per heavy atom. The van der Waals surface area contributed by atoms with E-state index in [9.17, 15) is 14.4 Å². The van der Waals surface area contributed by atoms with Gasteiger partial charge in [0.25, 0.3) is 0 Å². The molecule has 1 fully saturated rings. The number of rotatable bonds is 13. The summed E-state index contributed by atoms with van der Waals surface area (Å²) < 4.78 is 2.02. The van der Waals surface area contributed by atoms with E-state index in [0.29, 0.717) is 25.4 Å². The molecule has 0 aliphatic heterocycles. The van der Waals surface area contributed by atoms with E-state index in [2.05, 4.69) is 17.6 Å². The van der Waals surface area contributed by atoms with Gasteiger partial charge in [0.05, 0.1) is 13.0 Å². The van der Waals surface area contributed by atoms with Crippen LogP contribution in [-0.4, -0.2) is 52.9 Å². The molecule has 1 unspecified atom stereocenters. The number of amides is 3. The standard InChI is InChI=1S/C29H44N4O3/c1-4-6-15-25(31-27(34)19-23-20-32(3)26-16-11-10-14-24(23)26)29(36)33(21-28(35)30-5-2)18-17-22-12-8-7-9-13-22/h10-11,14,16,20,22,25H,4-9,12-13,15,17-19,21H2,1-3H3,(H,30,35)(H,31,34). The largest absolute Gasteiger partial charge is 0.355 e. The van der Waals surface area contributed by atoms with Crippen molar-refractivity contribution in [2.24, 2.45) is 13.0 Å². The summed E-state index contributed by atoms with van der Waals surface area (Å²) in [5.74, 6) is 0.159. The molecule has 36 heavy (non-hydrogen) atoms. The summed E-state index contributed by atoms with van der Waals surface area (Å²) in [6.45, 7) is 5.09. The molecule has 2 aromatic rings. The van der Waals surface area contributed by atoms with Crippen LogP contribution in [0.1, 0.15) is 77.2 Å². The van der Waals surface area contributed by atoms with Gasteiger partial charge in [0.15, 0.2) is 0 Å². The molecule has 1 atom stereocenters. The minimum atomic E-state index is -0.617. The highest BCUT2D eigenvalue weighted by Gasteiger charge is 2.28. The fraction of sp³-hybridized carbons (Fsp3) is 0.621. The summed E-state index contributed by atoms with van der Waals surface area (Å²) in [6.07, 6.45) is 11.6. The summed E-state index contributed by atoms with van der Waals surface area (Å²) in [4.78, 5) is 40.9. The van der Waals surface area contributed by atoms with E-state index in [-0.39, 0.29) is 30.7 Å². The molecule has 198 valence electrons. The number of likely N-dealkylation sites (N-methyl/N-ethyl adjacent to an activating group) is 1. The van der Waals surface area contributed by atoms with Crippen LogP contribution in [0.4, 0.5) is 0 Å². The maximum absolute atomic E-state index is 13.7. The average molecular weight is 497 g/mol. The topological polar surface area (TPSA) is 83.4 Å². The summed E-state index contributed by atoms with van der Waals surface area (Å²) in [6, 6.07) is 7.41. The number of hydrogen-bond donors (Lipinski definition) is 2. The van der Waals surface area contributed by atoms with E-state index < -0.39 is 6.04 Å². The number of benzene rings is 1. The predicted molar refractivity (Wildman–Crippen MR) is 145 cm³/mol. The number of aromatic nitrogens is 1. The van der Waals surface area contributed by atoms with Crippen LogP contribution in [0.25, 0.3) is 10.9 Å². The molecule has 1 heterocycles. The summed E-state index contributed by atoms with van der Waals surface area (Å²) in [5.41, 5.74) is 2.03. The molecule has 1 aliphatic rings. The average Bonchev–Trinajstić information content (AvgIpc) is 3.19. The lowest BCUT2D eigenvalue weighted by atomic mass is 9.87. The van der Waals surface area contributed by atoms with Gasteiger partial charge in [-0.2, -0.15) is 0 Å². The molecule has 3 amide bonds. The number of nitrogens with zero attached hydrogens (tertiary/aromatic N) is 2. The number of nitrogens with one attached hydrogen (secondary N) is 2. The third kappa shape index (κ3) is 7.84. The Morgan fingerprint density at radius 1 is 1.08 bits per heavy atom. The number of carbonyl (C=O) groups excluding carboxylic acids is 3. The first-order chi connectivity index (χ1) is 17.4. The minimum Gasteiger partial charge on any atom is -0.355 e. The molecule has 0 spiro atoms. The highest BCUT2D eigenvalue weighted by Crippen LogP contribution is 2.26. The van der Waals surface area contributed by atoms with Crippen molar-refractivity contribution in [2.45, 2.75) is 84.1 Å². The molecule has 2 N–H and O–H groups in total. The van der Waals surface area contributed by atoms with Crippen molar-refractivity contribution in [3.05, 3.63) is 36.0 Å². The lowest BCUT2D eigenvalue weighted by Gasteiger charge is -2.30. The van der Waals surface area contributed by atoms with Crippen molar-refractivity contribution in [1.82, 2.24) is 20.1 Å². The van der Waals surface area contributed by atoms with Crippen LogP contribution in [0.3, 0.4) is 0 Å². The number of hydrogen-bond acceptors (Lipinski definition) is 3. The number of unbranched alkanes of at least 4 members (excludes halogenated alkanes) is 1. The van der Waals surface area contributed by atoms with Crippen LogP contribution in [0.15, 0.2) is 30.5 Å². The second kappa shape index (κ2) is 14.0. The Bertz CT molecular complexity index is 1010. The molecule has 0 radical (unpaired) electrons. The van der Waals surface area contributed by atoms with Gasteiger partial charge in [-0.25, -0.2) is 0 Å². The van der Waals surface area contributed by atoms with Crippen molar-refractivity contribution >= 4 is 28.6 Å². The third-order valence-corrected chi connectivity index (χ3v) is 7.36. The molecule has 1 aliphatic carbocycles. The quantitative estimate of drug-likeness (QED) is 0.433. The Morgan fingerprint density at radius 3 is 2.56 bits per heavy atom. The number of para-hydroxylation sites is 1. The van der Waals surface area contributed by atoms with Gasteiger partial charge in [-0.15, -0.1) is 0 Å². The Hall–Kier alpha value is -2.83. The molecule has 1 aromatic heterocycles. The molecule has 7 nitrogen and oxygen atoms in total. The fourth-order valence-electron chi connectivity index (χ4n) is 5.38. The Labute approximate surface area is 216 Å². The minimum absolute atomic E-state index is 0.0429. The Kier molecular flexibility index (Phi) is 10.8. The first-order valence-corrected chi connectivity index (χ1v) is 13.8. The summed E-state index contributed by atoms with van der Waals surface area (Å²) >= 11 is 0. The van der Waals surface area contributed by atoms with E-state index >= 15 is 0 Å². The van der Waals surface area contributed by atoms with Crippen molar-refractivity contribution in [2.75, 3.05) is 19.6 Å². The third-order valence-electron chi connectivity index (χ3n) is 7.36. The van der Waals surface area contributed by atoms with Crippen LogP contribution < -0.4 is 10.6 Å². The number of aryl methyl sites for hydroxylation is 1. The monoisotopic (exact) mass is 496 g/mol. The van der Waals surface area contributed by atoms with E-state index in [0.717, 1.165) is 35.7 Å². The Balaban J connectivity index is 1.70. The summed E-state index contributed by atoms with van der Waals surface area (Å²) in [7, 11) is 1.98. The van der Waals surface area contributed by atoms with Crippen molar-refractivity contribution < 1.29 is 14.4 Å². The highest BCUT2D eigenvalue weighted by atomic mass is 16.2. The molecule has 7 heteroatoms. The number of fused-ring (bicyclic) bond motifs is 1. The van der Waals surface area contributed by atoms with Gasteiger partial charge in [-0.3, -0.25) is 14.4 Å². The van der Waals surface area contributed by atoms with Gasteiger partial charge in [0.1, 0.15) is 6.04 Å². The van der Waals surface area contributed by atoms with E-state index in [4.69, 9.17) is 0 Å². The second-order valence-corrected chi connectivity index (χ2v) is 10.2. The highest BCUT2D eigenvalue weighted by molar-refractivity contribution is 5.93. The molecule has 3 rings (SSSR count). The zero-order valence-corrected chi connectivity index (χ0v) is 22.4. The first kappa shape index (κ1) is 27.8. The second-order valence-electron chi connectivity index (χ2n) is 10.2. The lowest BCUT2D eigenvalue weighted by molar-refractivity contribution is -0.139. The normalized spacial score (nSPS) is 15.0. The zero-order valence-electron chi connectivity index (χ0n) is 22.4. The predicted octanol–water partition coefficient (Wildman–Crippen LogP) is 4.33. The van der Waals surface area contributed by atoms with Crippen molar-refractivity contribution in [1.29, 1.82) is 0 Å². The van der Waals surface area contributed by atoms with Crippen molar-refractivity contribution in [3.63, 3.8) is 0 Å². The molecule has 1 saturated carbocycles.